The summed E-state index contributed by atoms with van der Waals surface area (Å²) in [6, 6.07) is 113. The van der Waals surface area contributed by atoms with E-state index < -0.39 is 0 Å². The zero-order chi connectivity index (χ0) is 69.9. The van der Waals surface area contributed by atoms with Crippen molar-refractivity contribution in [2.45, 2.75) is 57.8 Å². The summed E-state index contributed by atoms with van der Waals surface area (Å²) in [6.45, 7) is 14.1. The summed E-state index contributed by atoms with van der Waals surface area (Å²) in [7, 11) is 0. The lowest BCUT2D eigenvalue weighted by atomic mass is 9.80. The van der Waals surface area contributed by atoms with Crippen molar-refractivity contribution in [2.75, 3.05) is 0 Å². The molecular weight excluding hydrogens is 1300 g/mol. The zero-order valence-corrected chi connectivity index (χ0v) is 59.8. The van der Waals surface area contributed by atoms with Crippen molar-refractivity contribution >= 4 is 141 Å². The summed E-state index contributed by atoms with van der Waals surface area (Å²) in [5.74, 6) is 0. The van der Waals surface area contributed by atoms with E-state index in [1.807, 2.05) is 29.5 Å². The van der Waals surface area contributed by atoms with E-state index in [2.05, 4.69) is 346 Å². The second kappa shape index (κ2) is 21.8. The maximum atomic E-state index is 6.47. The average molecular weight is 1360 g/mol. The van der Waals surface area contributed by atoms with Crippen LogP contribution in [0.5, 0.6) is 0 Å². The molecule has 0 saturated heterocycles. The molecule has 6 heteroatoms. The minimum Gasteiger partial charge on any atom is -0.456 e. The van der Waals surface area contributed by atoms with Crippen LogP contribution < -0.4 is 0 Å². The first-order valence-electron chi connectivity index (χ1n) is 36.6. The van der Waals surface area contributed by atoms with E-state index >= 15 is 0 Å². The largest absolute Gasteiger partial charge is 0.456 e. The minimum absolute atomic E-state index is 0.0170. The minimum atomic E-state index is -0.0776. The predicted octanol–water partition coefficient (Wildman–Crippen LogP) is 27.4. The summed E-state index contributed by atoms with van der Waals surface area (Å²) < 4.78 is 22.7. The molecule has 0 unspecified atom stereocenters. The summed E-state index contributed by atoms with van der Waals surface area (Å²) in [5.41, 5.74) is 31.0. The highest BCUT2D eigenvalue weighted by Gasteiger charge is 2.41. The Labute approximate surface area is 610 Å². The standard InChI is InChI=1S/2C33H23NO.C33H23NS/c1-33(2)25-14-6-3-10-20(25)22-18-19-27-30(31(22)33)24-12-4-7-15-26(24)34(27)28-16-9-13-23-21-11-5-8-17-29(21)35-32(23)28;1-33(2)26-12-6-3-11-25(26)31-27(33)18-17-24-21-9-4-7-13-28(21)34(32(24)31)20-15-16-23-22-10-5-8-14-29(22)35-30(23)19-20;1-33(2)27-12-6-3-9-21(27)25-18-26-22-10-4-7-13-29(22)34(30(26)19-28(25)33)20-15-16-24-23-11-5-8-14-31(23)35-32(24)17-20/h3*3-19H,1-2H3. The monoisotopic (exact) mass is 1360 g/mol. The molecular formula is C99H69N3O2S. The molecule has 0 aliphatic heterocycles. The van der Waals surface area contributed by atoms with Crippen LogP contribution in [0.2, 0.25) is 0 Å². The van der Waals surface area contributed by atoms with Gasteiger partial charge in [0.1, 0.15) is 16.7 Å². The Morgan fingerprint density at radius 2 is 0.781 bits per heavy atom. The molecule has 5 nitrogen and oxygen atoms in total. The smallest absolute Gasteiger partial charge is 0.159 e. The van der Waals surface area contributed by atoms with Gasteiger partial charge in [0.15, 0.2) is 5.58 Å². The van der Waals surface area contributed by atoms with Gasteiger partial charge in [0, 0.05) is 113 Å². The van der Waals surface area contributed by atoms with Gasteiger partial charge in [-0.3, -0.25) is 0 Å². The van der Waals surface area contributed by atoms with Crippen molar-refractivity contribution in [1.82, 2.24) is 13.7 Å². The first kappa shape index (κ1) is 60.1. The molecule has 24 rings (SSSR count). The second-order valence-electron chi connectivity index (χ2n) is 30.6. The fraction of sp³-hybridized carbons (Fsp3) is 0.0909. The number of thiophene rings is 1. The maximum Gasteiger partial charge on any atom is 0.159 e. The van der Waals surface area contributed by atoms with Gasteiger partial charge in [-0.2, -0.15) is 0 Å². The normalized spacial score (nSPS) is 14.2. The molecule has 0 atom stereocenters. The zero-order valence-electron chi connectivity index (χ0n) is 59.0. The van der Waals surface area contributed by atoms with Crippen LogP contribution in [0.15, 0.2) is 318 Å². The number of hydrogen-bond acceptors (Lipinski definition) is 3. The van der Waals surface area contributed by atoms with Crippen LogP contribution in [0.25, 0.3) is 180 Å². The molecule has 0 radical (unpaired) electrons. The van der Waals surface area contributed by atoms with E-state index in [0.29, 0.717) is 0 Å². The van der Waals surface area contributed by atoms with Gasteiger partial charge in [-0.25, -0.2) is 0 Å². The molecule has 0 fully saturated rings. The van der Waals surface area contributed by atoms with Gasteiger partial charge in [0.2, 0.25) is 0 Å². The summed E-state index contributed by atoms with van der Waals surface area (Å²) in [6.07, 6.45) is 0. The van der Waals surface area contributed by atoms with Crippen LogP contribution in [-0.2, 0) is 16.2 Å². The number of nitrogens with zero attached hydrogens (tertiary/aromatic N) is 3. The van der Waals surface area contributed by atoms with Gasteiger partial charge in [-0.1, -0.05) is 260 Å². The summed E-state index contributed by atoms with van der Waals surface area (Å²) >= 11 is 1.88. The first-order valence-corrected chi connectivity index (χ1v) is 37.4. The molecule has 3 aliphatic rings. The molecule has 498 valence electrons. The van der Waals surface area contributed by atoms with Crippen LogP contribution in [0.4, 0.5) is 0 Å². The molecule has 0 bridgehead atoms. The number of rotatable bonds is 3. The summed E-state index contributed by atoms with van der Waals surface area (Å²) in [5, 5.41) is 15.1. The third-order valence-corrected chi connectivity index (χ3v) is 25.1. The second-order valence-corrected chi connectivity index (χ2v) is 31.6. The number of fused-ring (bicyclic) bond motifs is 29. The lowest BCUT2D eigenvalue weighted by molar-refractivity contribution is 0.660. The van der Waals surface area contributed by atoms with E-state index in [1.165, 1.54) is 158 Å². The average Bonchev–Trinajstić information content (AvgIpc) is 1.55. The van der Waals surface area contributed by atoms with Gasteiger partial charge in [-0.15, -0.1) is 11.3 Å². The Balaban J connectivity index is 0.0000000986. The fourth-order valence-corrected chi connectivity index (χ4v) is 20.3. The maximum absolute atomic E-state index is 6.47. The number of para-hydroxylation sites is 6. The van der Waals surface area contributed by atoms with Crippen LogP contribution in [0.1, 0.15) is 74.9 Å². The molecule has 3 aliphatic carbocycles. The third kappa shape index (κ3) is 8.34. The third-order valence-electron chi connectivity index (χ3n) is 24.0. The van der Waals surface area contributed by atoms with Crippen molar-refractivity contribution in [1.29, 1.82) is 0 Å². The van der Waals surface area contributed by atoms with Crippen molar-refractivity contribution in [3.8, 4) is 50.4 Å². The Kier molecular flexibility index (Phi) is 12.5. The molecule has 0 saturated carbocycles. The number of hydrogen-bond donors (Lipinski definition) is 0. The number of furan rings is 2. The Bertz CT molecular complexity index is 7320. The molecule has 15 aromatic carbocycles. The highest BCUT2D eigenvalue weighted by atomic mass is 32.1. The lowest BCUT2D eigenvalue weighted by Crippen LogP contribution is -2.15. The molecule has 21 aromatic rings. The Morgan fingerprint density at radius 3 is 1.52 bits per heavy atom. The molecule has 0 N–H and O–H groups in total. The SMILES string of the molecule is CC1(C)c2ccccc2-c2c1ccc1c3ccccc3n(-c3ccc4c(c3)oc3ccccc34)c21.CC1(C)c2ccccc2-c2cc3c4ccccc4n(-c4ccc5c(c4)sc4ccccc45)c3cc21.CC1(C)c2ccccc2-c2ccc3c(c21)c1ccccc1n3-c1cccc2c1oc1ccccc12. The van der Waals surface area contributed by atoms with Gasteiger partial charge in [-0.05, 0) is 146 Å². The quantitative estimate of drug-likeness (QED) is 0.177. The lowest BCUT2D eigenvalue weighted by Gasteiger charge is -2.22. The fourth-order valence-electron chi connectivity index (χ4n) is 19.2. The summed E-state index contributed by atoms with van der Waals surface area (Å²) in [4.78, 5) is 0. The van der Waals surface area contributed by atoms with E-state index in [4.69, 9.17) is 8.83 Å². The van der Waals surface area contributed by atoms with E-state index in [-0.39, 0.29) is 16.2 Å². The van der Waals surface area contributed by atoms with Crippen LogP contribution in [0, 0.1) is 0 Å². The molecule has 0 amide bonds. The van der Waals surface area contributed by atoms with E-state index in [1.54, 1.807) is 0 Å². The number of aromatic nitrogens is 3. The van der Waals surface area contributed by atoms with E-state index in [9.17, 15) is 0 Å². The number of benzene rings is 15. The Morgan fingerprint density at radius 1 is 0.267 bits per heavy atom. The highest BCUT2D eigenvalue weighted by Crippen LogP contribution is 2.57. The molecule has 6 heterocycles. The highest BCUT2D eigenvalue weighted by molar-refractivity contribution is 7.25. The van der Waals surface area contributed by atoms with Crippen LogP contribution >= 0.6 is 11.3 Å². The topological polar surface area (TPSA) is 41.1 Å². The Hall–Kier alpha value is -12.5. The first-order chi connectivity index (χ1) is 51.4. The molecule has 0 spiro atoms. The molecule has 105 heavy (non-hydrogen) atoms. The van der Waals surface area contributed by atoms with Gasteiger partial charge in [0.25, 0.3) is 0 Å². The van der Waals surface area contributed by atoms with Crippen molar-refractivity contribution in [3.63, 3.8) is 0 Å². The van der Waals surface area contributed by atoms with Crippen LogP contribution in [-0.4, -0.2) is 13.7 Å². The van der Waals surface area contributed by atoms with Crippen molar-refractivity contribution in [2.24, 2.45) is 0 Å². The van der Waals surface area contributed by atoms with E-state index in [0.717, 1.165) is 55.3 Å². The molecule has 6 aromatic heterocycles. The van der Waals surface area contributed by atoms with Gasteiger partial charge in [0.05, 0.1) is 38.8 Å². The van der Waals surface area contributed by atoms with Gasteiger partial charge < -0.3 is 22.5 Å². The predicted molar refractivity (Wildman–Crippen MR) is 442 cm³/mol. The van der Waals surface area contributed by atoms with Crippen molar-refractivity contribution in [3.05, 3.63) is 343 Å². The van der Waals surface area contributed by atoms with Crippen molar-refractivity contribution < 1.29 is 8.83 Å². The van der Waals surface area contributed by atoms with Crippen LogP contribution in [0.3, 0.4) is 0 Å². The van der Waals surface area contributed by atoms with Gasteiger partial charge >= 0.3 is 0 Å².